The van der Waals surface area contributed by atoms with Crippen LogP contribution < -0.4 is 0 Å². The number of rotatable bonds is 4. The van der Waals surface area contributed by atoms with E-state index in [9.17, 15) is 4.79 Å². The van der Waals surface area contributed by atoms with Gasteiger partial charge in [0, 0.05) is 36.2 Å². The van der Waals surface area contributed by atoms with Crippen molar-refractivity contribution >= 4 is 21.8 Å². The zero-order chi connectivity index (χ0) is 20.9. The highest BCUT2D eigenvalue weighted by atomic mass is 79.9. The van der Waals surface area contributed by atoms with Gasteiger partial charge in [-0.05, 0) is 47.5 Å². The van der Waals surface area contributed by atoms with E-state index in [1.807, 2.05) is 11.0 Å². The predicted molar refractivity (Wildman–Crippen MR) is 121 cm³/mol. The van der Waals surface area contributed by atoms with Crippen LogP contribution in [0, 0.1) is 11.3 Å². The number of hydrogen-bond donors (Lipinski definition) is 0. The van der Waals surface area contributed by atoms with Crippen LogP contribution in [0.4, 0.5) is 0 Å². The van der Waals surface area contributed by atoms with Crippen LogP contribution in [0.2, 0.25) is 0 Å². The number of halogens is 1. The number of hydrogen-bond acceptors (Lipinski definition) is 3. The summed E-state index contributed by atoms with van der Waals surface area (Å²) in [6.45, 7) is 2.96. The molecule has 1 aliphatic rings. The fraction of sp³-hybridized carbons (Fsp3) is 0.200. The summed E-state index contributed by atoms with van der Waals surface area (Å²) in [4.78, 5) is 17.2. The van der Waals surface area contributed by atoms with Crippen LogP contribution >= 0.6 is 15.9 Å². The lowest BCUT2D eigenvalue weighted by molar-refractivity contribution is 0.0597. The molecule has 5 heteroatoms. The van der Waals surface area contributed by atoms with Gasteiger partial charge in [0.1, 0.15) is 0 Å². The molecule has 0 radical (unpaired) electrons. The van der Waals surface area contributed by atoms with Gasteiger partial charge in [-0.2, -0.15) is 5.26 Å². The minimum absolute atomic E-state index is 0.0269. The Morgan fingerprint density at radius 3 is 2.03 bits per heavy atom. The van der Waals surface area contributed by atoms with Crippen LogP contribution in [0.3, 0.4) is 0 Å². The topological polar surface area (TPSA) is 47.3 Å². The molecule has 0 aliphatic carbocycles. The predicted octanol–water partition coefficient (Wildman–Crippen LogP) is 4.87. The van der Waals surface area contributed by atoms with E-state index in [0.717, 1.165) is 17.6 Å². The highest BCUT2D eigenvalue weighted by Crippen LogP contribution is 2.30. The Labute approximate surface area is 185 Å². The van der Waals surface area contributed by atoms with E-state index in [0.29, 0.717) is 24.2 Å². The van der Waals surface area contributed by atoms with Gasteiger partial charge in [0.15, 0.2) is 0 Å². The van der Waals surface area contributed by atoms with Crippen molar-refractivity contribution in [2.24, 2.45) is 0 Å². The highest BCUT2D eigenvalue weighted by Gasteiger charge is 2.28. The van der Waals surface area contributed by atoms with E-state index >= 15 is 0 Å². The number of piperazine rings is 1. The molecule has 1 atom stereocenters. The molecule has 0 aromatic heterocycles. The van der Waals surface area contributed by atoms with Crippen LogP contribution in [0.25, 0.3) is 0 Å². The molecule has 4 rings (SSSR count). The first kappa shape index (κ1) is 20.3. The molecule has 3 aromatic rings. The van der Waals surface area contributed by atoms with Gasteiger partial charge in [-0.15, -0.1) is 0 Å². The Balaban J connectivity index is 1.50. The standard InChI is InChI=1S/C25H22BrN3O/c26-23-12-10-21(11-13-23)24(20-4-2-1-3-5-20)28-14-16-29(17-15-28)25(30)22-8-6-19(18-27)7-9-22/h1-13,24H,14-17H2. The Kier molecular flexibility index (Phi) is 6.27. The monoisotopic (exact) mass is 459 g/mol. The fourth-order valence-corrected chi connectivity index (χ4v) is 4.21. The Morgan fingerprint density at radius 2 is 1.43 bits per heavy atom. The molecule has 4 nitrogen and oxygen atoms in total. The first-order valence-electron chi connectivity index (χ1n) is 9.99. The van der Waals surface area contributed by atoms with Crippen molar-refractivity contribution in [2.45, 2.75) is 6.04 Å². The minimum atomic E-state index is 0.0269. The molecule has 1 aliphatic heterocycles. The summed E-state index contributed by atoms with van der Waals surface area (Å²) >= 11 is 3.53. The van der Waals surface area contributed by atoms with E-state index in [-0.39, 0.29) is 11.9 Å². The van der Waals surface area contributed by atoms with Crippen molar-refractivity contribution < 1.29 is 4.79 Å². The molecular formula is C25H22BrN3O. The van der Waals surface area contributed by atoms with Crippen molar-refractivity contribution in [3.05, 3.63) is 106 Å². The SMILES string of the molecule is N#Cc1ccc(C(=O)N2CCN(C(c3ccccc3)c3ccc(Br)cc3)CC2)cc1. The highest BCUT2D eigenvalue weighted by molar-refractivity contribution is 9.10. The van der Waals surface area contributed by atoms with Gasteiger partial charge >= 0.3 is 0 Å². The van der Waals surface area contributed by atoms with E-state index in [4.69, 9.17) is 5.26 Å². The molecule has 1 amide bonds. The molecule has 1 fully saturated rings. The fourth-order valence-electron chi connectivity index (χ4n) is 3.95. The van der Waals surface area contributed by atoms with Crippen molar-refractivity contribution in [3.63, 3.8) is 0 Å². The van der Waals surface area contributed by atoms with Gasteiger partial charge < -0.3 is 4.90 Å². The van der Waals surface area contributed by atoms with Crippen molar-refractivity contribution in [2.75, 3.05) is 26.2 Å². The molecule has 150 valence electrons. The molecule has 1 saturated heterocycles. The van der Waals surface area contributed by atoms with Gasteiger partial charge in [-0.3, -0.25) is 9.69 Å². The molecule has 30 heavy (non-hydrogen) atoms. The average Bonchev–Trinajstić information content (AvgIpc) is 2.81. The third kappa shape index (κ3) is 4.46. The lowest BCUT2D eigenvalue weighted by Crippen LogP contribution is -2.49. The van der Waals surface area contributed by atoms with Crippen molar-refractivity contribution in [3.8, 4) is 6.07 Å². The van der Waals surface area contributed by atoms with E-state index < -0.39 is 0 Å². The minimum Gasteiger partial charge on any atom is -0.336 e. The Morgan fingerprint density at radius 1 is 0.833 bits per heavy atom. The molecule has 1 unspecified atom stereocenters. The van der Waals surface area contributed by atoms with Crippen LogP contribution in [0.1, 0.15) is 33.1 Å². The van der Waals surface area contributed by atoms with Crippen molar-refractivity contribution in [1.29, 1.82) is 5.26 Å². The third-order valence-corrected chi connectivity index (χ3v) is 6.06. The number of carbonyl (C=O) groups is 1. The van der Waals surface area contributed by atoms with E-state index in [2.05, 4.69) is 75.4 Å². The first-order chi connectivity index (χ1) is 14.7. The van der Waals surface area contributed by atoms with Crippen LogP contribution in [-0.2, 0) is 0 Å². The van der Waals surface area contributed by atoms with Crippen molar-refractivity contribution in [1.82, 2.24) is 9.80 Å². The Hall–Kier alpha value is -2.94. The normalized spacial score (nSPS) is 15.4. The third-order valence-electron chi connectivity index (χ3n) is 5.53. The summed E-state index contributed by atoms with van der Waals surface area (Å²) in [5.41, 5.74) is 3.70. The first-order valence-corrected chi connectivity index (χ1v) is 10.8. The largest absolute Gasteiger partial charge is 0.336 e. The van der Waals surface area contributed by atoms with E-state index in [1.54, 1.807) is 24.3 Å². The van der Waals surface area contributed by atoms with Gasteiger partial charge in [-0.1, -0.05) is 58.4 Å². The van der Waals surface area contributed by atoms with Gasteiger partial charge in [0.2, 0.25) is 0 Å². The quantitative estimate of drug-likeness (QED) is 0.558. The Bertz CT molecular complexity index is 1030. The molecule has 0 saturated carbocycles. The maximum absolute atomic E-state index is 12.9. The molecule has 0 N–H and O–H groups in total. The van der Waals surface area contributed by atoms with Gasteiger partial charge in [-0.25, -0.2) is 0 Å². The smallest absolute Gasteiger partial charge is 0.253 e. The summed E-state index contributed by atoms with van der Waals surface area (Å²) in [7, 11) is 0. The van der Waals surface area contributed by atoms with Gasteiger partial charge in [0.05, 0.1) is 17.7 Å². The second-order valence-electron chi connectivity index (χ2n) is 7.38. The van der Waals surface area contributed by atoms with E-state index in [1.165, 1.54) is 11.1 Å². The number of benzene rings is 3. The zero-order valence-corrected chi connectivity index (χ0v) is 18.1. The molecule has 3 aromatic carbocycles. The lowest BCUT2D eigenvalue weighted by atomic mass is 9.96. The second-order valence-corrected chi connectivity index (χ2v) is 8.30. The van der Waals surface area contributed by atoms with Crippen LogP contribution in [0.15, 0.2) is 83.3 Å². The summed E-state index contributed by atoms with van der Waals surface area (Å²) in [5, 5.41) is 8.95. The average molecular weight is 460 g/mol. The number of nitrogens with zero attached hydrogens (tertiary/aromatic N) is 3. The van der Waals surface area contributed by atoms with Crippen LogP contribution in [-0.4, -0.2) is 41.9 Å². The summed E-state index contributed by atoms with van der Waals surface area (Å²) < 4.78 is 1.07. The number of carbonyl (C=O) groups excluding carboxylic acids is 1. The lowest BCUT2D eigenvalue weighted by Gasteiger charge is -2.39. The summed E-state index contributed by atoms with van der Waals surface area (Å²) in [6, 6.07) is 28.1. The number of amides is 1. The second kappa shape index (κ2) is 9.25. The summed E-state index contributed by atoms with van der Waals surface area (Å²) in [5.74, 6) is 0.0269. The molecule has 0 bridgehead atoms. The maximum atomic E-state index is 12.9. The molecular weight excluding hydrogens is 438 g/mol. The molecule has 0 spiro atoms. The maximum Gasteiger partial charge on any atom is 0.253 e. The number of nitriles is 1. The van der Waals surface area contributed by atoms with Gasteiger partial charge in [0.25, 0.3) is 5.91 Å². The molecule has 1 heterocycles. The zero-order valence-electron chi connectivity index (χ0n) is 16.5. The van der Waals surface area contributed by atoms with Crippen LogP contribution in [0.5, 0.6) is 0 Å². The summed E-state index contributed by atoms with van der Waals surface area (Å²) in [6.07, 6.45) is 0.